The lowest BCUT2D eigenvalue weighted by Crippen LogP contribution is -2.35. The molecule has 1 aliphatic rings. The summed E-state index contributed by atoms with van der Waals surface area (Å²) in [5.41, 5.74) is 1.74. The molecule has 1 heterocycles. The van der Waals surface area contributed by atoms with E-state index in [0.717, 1.165) is 17.7 Å². The monoisotopic (exact) mass is 343 g/mol. The Balaban J connectivity index is 2.07. The molecule has 0 spiro atoms. The van der Waals surface area contributed by atoms with E-state index in [1.165, 1.54) is 0 Å². The normalized spacial score (nSPS) is 17.8. The van der Waals surface area contributed by atoms with Crippen molar-refractivity contribution in [2.45, 2.75) is 52.5 Å². The topological polar surface area (TPSA) is 70.6 Å². The first kappa shape index (κ1) is 19.2. The van der Waals surface area contributed by atoms with Crippen molar-refractivity contribution >= 4 is 23.7 Å². The summed E-state index contributed by atoms with van der Waals surface area (Å²) in [6, 6.07) is 7.15. The molecule has 1 aromatic rings. The number of nitrogens with zero attached hydrogens (tertiary/aromatic N) is 1. The van der Waals surface area contributed by atoms with E-state index in [9.17, 15) is 9.59 Å². The molecule has 25 heavy (non-hydrogen) atoms. The number of carbonyl (C=O) groups is 2. The van der Waals surface area contributed by atoms with Gasteiger partial charge in [-0.05, 0) is 36.3 Å². The second-order valence-electron chi connectivity index (χ2n) is 7.47. The Morgan fingerprint density at radius 2 is 1.96 bits per heavy atom. The molecule has 0 saturated carbocycles. The standard InChI is InChI=1S/C20H29N3O2/c1-13(2)9-10-21-20(25)18(11-14(3)4)22-12-16-15-7-5-6-8-17(15)23-19(16)24/h5-8,12-14,16,18H,9-11H2,1-4H3,(H,21,25)(H,23,24)/t16?,18-/m0/s1. The first-order chi connectivity index (χ1) is 11.9. The molecule has 2 atom stereocenters. The molecule has 2 rings (SSSR count). The highest BCUT2D eigenvalue weighted by Gasteiger charge is 2.29. The van der Waals surface area contributed by atoms with E-state index >= 15 is 0 Å². The van der Waals surface area contributed by atoms with Crippen LogP contribution in [-0.2, 0) is 9.59 Å². The van der Waals surface area contributed by atoms with Gasteiger partial charge in [0.25, 0.3) is 0 Å². The van der Waals surface area contributed by atoms with Crippen LogP contribution < -0.4 is 10.6 Å². The lowest BCUT2D eigenvalue weighted by atomic mass is 10.0. The summed E-state index contributed by atoms with van der Waals surface area (Å²) in [5, 5.41) is 5.83. The van der Waals surface area contributed by atoms with Crippen molar-refractivity contribution in [1.82, 2.24) is 5.32 Å². The molecule has 0 radical (unpaired) electrons. The van der Waals surface area contributed by atoms with Gasteiger partial charge in [-0.15, -0.1) is 0 Å². The van der Waals surface area contributed by atoms with Crippen molar-refractivity contribution < 1.29 is 9.59 Å². The average molecular weight is 343 g/mol. The van der Waals surface area contributed by atoms with Gasteiger partial charge >= 0.3 is 0 Å². The molecule has 5 nitrogen and oxygen atoms in total. The van der Waals surface area contributed by atoms with Crippen LogP contribution in [0.4, 0.5) is 5.69 Å². The van der Waals surface area contributed by atoms with Gasteiger partial charge in [-0.2, -0.15) is 0 Å². The summed E-state index contributed by atoms with van der Waals surface area (Å²) < 4.78 is 0. The fourth-order valence-corrected chi connectivity index (χ4v) is 2.86. The zero-order chi connectivity index (χ0) is 18.4. The Hall–Kier alpha value is -2.17. The van der Waals surface area contributed by atoms with Crippen LogP contribution in [0.15, 0.2) is 29.3 Å². The van der Waals surface area contributed by atoms with E-state index in [1.807, 2.05) is 24.3 Å². The van der Waals surface area contributed by atoms with E-state index in [-0.39, 0.29) is 11.8 Å². The van der Waals surface area contributed by atoms with Crippen molar-refractivity contribution in [3.63, 3.8) is 0 Å². The summed E-state index contributed by atoms with van der Waals surface area (Å²) >= 11 is 0. The predicted molar refractivity (Wildman–Crippen MR) is 102 cm³/mol. The number of amides is 2. The van der Waals surface area contributed by atoms with Crippen LogP contribution in [0, 0.1) is 11.8 Å². The highest BCUT2D eigenvalue weighted by molar-refractivity contribution is 6.12. The first-order valence-electron chi connectivity index (χ1n) is 9.09. The number of hydrogen-bond acceptors (Lipinski definition) is 3. The van der Waals surface area contributed by atoms with Crippen molar-refractivity contribution in [1.29, 1.82) is 0 Å². The zero-order valence-electron chi connectivity index (χ0n) is 15.6. The second-order valence-corrected chi connectivity index (χ2v) is 7.47. The van der Waals surface area contributed by atoms with Gasteiger partial charge in [0, 0.05) is 18.4 Å². The molecule has 1 aromatic carbocycles. The molecule has 0 fully saturated rings. The van der Waals surface area contributed by atoms with Crippen molar-refractivity contribution in [3.05, 3.63) is 29.8 Å². The highest BCUT2D eigenvalue weighted by atomic mass is 16.2. The number of benzene rings is 1. The van der Waals surface area contributed by atoms with Crippen LogP contribution in [0.2, 0.25) is 0 Å². The minimum Gasteiger partial charge on any atom is -0.354 e. The Kier molecular flexibility index (Phi) is 6.73. The van der Waals surface area contributed by atoms with Gasteiger partial charge in [0.05, 0.1) is 0 Å². The molecule has 0 aromatic heterocycles. The molecule has 136 valence electrons. The van der Waals surface area contributed by atoms with Crippen LogP contribution in [0.25, 0.3) is 0 Å². The number of carbonyl (C=O) groups excluding carboxylic acids is 2. The quantitative estimate of drug-likeness (QED) is 0.711. The van der Waals surface area contributed by atoms with Gasteiger partial charge in [0.15, 0.2) is 0 Å². The Morgan fingerprint density at radius 1 is 1.24 bits per heavy atom. The van der Waals surface area contributed by atoms with Crippen molar-refractivity contribution in [2.75, 3.05) is 11.9 Å². The predicted octanol–water partition coefficient (Wildman–Crippen LogP) is 3.37. The van der Waals surface area contributed by atoms with Gasteiger partial charge in [0.2, 0.25) is 11.8 Å². The number of para-hydroxylation sites is 1. The second kappa shape index (κ2) is 8.79. The van der Waals surface area contributed by atoms with E-state index in [4.69, 9.17) is 0 Å². The maximum absolute atomic E-state index is 12.5. The van der Waals surface area contributed by atoms with Crippen LogP contribution >= 0.6 is 0 Å². The maximum Gasteiger partial charge on any atom is 0.244 e. The third-order valence-electron chi connectivity index (χ3n) is 4.27. The minimum absolute atomic E-state index is 0.0581. The number of hydrogen-bond donors (Lipinski definition) is 2. The molecule has 0 bridgehead atoms. The SMILES string of the molecule is CC(C)CCNC(=O)[C@H](CC(C)C)N=CC1C(=O)Nc2ccccc21. The first-order valence-corrected chi connectivity index (χ1v) is 9.09. The Labute approximate surface area is 150 Å². The Morgan fingerprint density at radius 3 is 2.64 bits per heavy atom. The van der Waals surface area contributed by atoms with E-state index in [0.29, 0.717) is 24.8 Å². The van der Waals surface area contributed by atoms with Gasteiger partial charge < -0.3 is 10.6 Å². The summed E-state index contributed by atoms with van der Waals surface area (Å²) in [5.74, 6) is 0.328. The molecule has 2 N–H and O–H groups in total. The third-order valence-corrected chi connectivity index (χ3v) is 4.27. The molecule has 0 aliphatic carbocycles. The van der Waals surface area contributed by atoms with Gasteiger partial charge in [-0.25, -0.2) is 0 Å². The van der Waals surface area contributed by atoms with Gasteiger partial charge in [0.1, 0.15) is 12.0 Å². The highest BCUT2D eigenvalue weighted by Crippen LogP contribution is 2.31. The molecular weight excluding hydrogens is 314 g/mol. The van der Waals surface area contributed by atoms with E-state index < -0.39 is 12.0 Å². The number of anilines is 1. The molecular formula is C20H29N3O2. The fourth-order valence-electron chi connectivity index (χ4n) is 2.86. The molecule has 5 heteroatoms. The number of aliphatic imine (C=N–C) groups is 1. The van der Waals surface area contributed by atoms with Crippen molar-refractivity contribution in [3.8, 4) is 0 Å². The number of nitrogens with one attached hydrogen (secondary N) is 2. The van der Waals surface area contributed by atoms with Crippen LogP contribution in [0.5, 0.6) is 0 Å². The molecule has 1 unspecified atom stereocenters. The van der Waals surface area contributed by atoms with E-state index in [1.54, 1.807) is 6.21 Å². The summed E-state index contributed by atoms with van der Waals surface area (Å²) in [7, 11) is 0. The molecule has 2 amide bonds. The van der Waals surface area contributed by atoms with Gasteiger partial charge in [-0.3, -0.25) is 14.6 Å². The number of fused-ring (bicyclic) bond motifs is 1. The Bertz CT molecular complexity index is 638. The number of rotatable bonds is 8. The van der Waals surface area contributed by atoms with Gasteiger partial charge in [-0.1, -0.05) is 45.9 Å². The summed E-state index contributed by atoms with van der Waals surface area (Å²) in [6.07, 6.45) is 3.25. The lowest BCUT2D eigenvalue weighted by molar-refractivity contribution is -0.122. The van der Waals surface area contributed by atoms with Crippen LogP contribution in [-0.4, -0.2) is 30.6 Å². The van der Waals surface area contributed by atoms with Crippen molar-refractivity contribution in [2.24, 2.45) is 16.8 Å². The molecule has 1 aliphatic heterocycles. The zero-order valence-corrected chi connectivity index (χ0v) is 15.6. The third kappa shape index (κ3) is 5.41. The molecule has 0 saturated heterocycles. The summed E-state index contributed by atoms with van der Waals surface area (Å²) in [6.45, 7) is 9.06. The minimum atomic E-state index is -0.451. The average Bonchev–Trinajstić information content (AvgIpc) is 2.86. The maximum atomic E-state index is 12.5. The largest absolute Gasteiger partial charge is 0.354 e. The summed E-state index contributed by atoms with van der Waals surface area (Å²) in [4.78, 5) is 29.1. The smallest absolute Gasteiger partial charge is 0.244 e. The van der Waals surface area contributed by atoms with Crippen LogP contribution in [0.3, 0.4) is 0 Å². The van der Waals surface area contributed by atoms with E-state index in [2.05, 4.69) is 43.3 Å². The lowest BCUT2D eigenvalue weighted by Gasteiger charge is -2.16. The fraction of sp³-hybridized carbons (Fsp3) is 0.550. The van der Waals surface area contributed by atoms with Crippen LogP contribution in [0.1, 0.15) is 52.0 Å².